The summed E-state index contributed by atoms with van der Waals surface area (Å²) in [4.78, 5) is 0. The van der Waals surface area contributed by atoms with Gasteiger partial charge in [-0.1, -0.05) is 0 Å². The Morgan fingerprint density at radius 2 is 2.09 bits per heavy atom. The molecule has 0 aromatic heterocycles. The molecule has 2 unspecified atom stereocenters. The number of hydrogen-bond acceptors (Lipinski definition) is 3. The summed E-state index contributed by atoms with van der Waals surface area (Å²) in [6, 6.07) is 0.0711. The van der Waals surface area contributed by atoms with Crippen LogP contribution in [-0.2, 0) is 10.2 Å². The highest BCUT2D eigenvalue weighted by atomic mass is 32.3. The fourth-order valence-electron chi connectivity index (χ4n) is 1.55. The molecule has 0 saturated heterocycles. The first-order chi connectivity index (χ1) is 4.97. The van der Waals surface area contributed by atoms with Gasteiger partial charge in [-0.05, 0) is 25.2 Å². The Kier molecular flexibility index (Phi) is 2.49. The summed E-state index contributed by atoms with van der Waals surface area (Å²) in [5.74, 6) is -0.402. The Bertz CT molecular complexity index is 227. The average Bonchev–Trinajstić information content (AvgIpc) is 2.10. The van der Waals surface area contributed by atoms with Crippen LogP contribution in [0.4, 0.5) is 3.89 Å². The van der Waals surface area contributed by atoms with Crippen molar-refractivity contribution in [2.45, 2.75) is 25.3 Å². The topological polar surface area (TPSA) is 60.2 Å². The van der Waals surface area contributed by atoms with Crippen molar-refractivity contribution < 1.29 is 12.3 Å². The molecule has 0 aromatic rings. The number of nitrogens with two attached hydrogens (primary N) is 1. The third-order valence-electron chi connectivity index (χ3n) is 2.02. The maximum absolute atomic E-state index is 12.1. The Morgan fingerprint density at radius 3 is 2.45 bits per heavy atom. The minimum atomic E-state index is -4.29. The molecule has 1 rings (SSSR count). The molecule has 66 valence electrons. The van der Waals surface area contributed by atoms with Crippen molar-refractivity contribution in [1.29, 1.82) is 0 Å². The van der Waals surface area contributed by atoms with E-state index in [1.54, 1.807) is 0 Å². The first-order valence-corrected chi connectivity index (χ1v) is 5.20. The fraction of sp³-hybridized carbons (Fsp3) is 1.00. The van der Waals surface area contributed by atoms with E-state index in [0.29, 0.717) is 6.42 Å². The summed E-state index contributed by atoms with van der Waals surface area (Å²) in [6.07, 6.45) is 2.20. The molecule has 0 spiro atoms. The first-order valence-electron chi connectivity index (χ1n) is 3.65. The van der Waals surface area contributed by atoms with E-state index in [9.17, 15) is 12.3 Å². The molecule has 1 aliphatic rings. The molecule has 0 amide bonds. The smallest absolute Gasteiger partial charge is 0.302 e. The normalized spacial score (nSPS) is 32.5. The van der Waals surface area contributed by atoms with Crippen LogP contribution in [0.3, 0.4) is 0 Å². The van der Waals surface area contributed by atoms with Crippen molar-refractivity contribution in [3.8, 4) is 0 Å². The number of hydrogen-bond donors (Lipinski definition) is 1. The summed E-state index contributed by atoms with van der Waals surface area (Å²) < 4.78 is 32.5. The minimum Gasteiger partial charge on any atom is -0.328 e. The van der Waals surface area contributed by atoms with Gasteiger partial charge in [0.2, 0.25) is 0 Å². The molecule has 0 aromatic carbocycles. The molecule has 2 atom stereocenters. The van der Waals surface area contributed by atoms with E-state index >= 15 is 0 Å². The average molecular weight is 181 g/mol. The standard InChI is InChI=1S/C6H12FNO2S/c7-11(9,10)4-5-1-2-6(8)3-5/h5-6H,1-4,8H2. The van der Waals surface area contributed by atoms with E-state index < -0.39 is 10.2 Å². The molecular weight excluding hydrogens is 169 g/mol. The van der Waals surface area contributed by atoms with Gasteiger partial charge in [-0.2, -0.15) is 8.42 Å². The molecule has 1 saturated carbocycles. The SMILES string of the molecule is NC1CCC(CS(=O)(=O)F)C1. The second-order valence-corrected chi connectivity index (χ2v) is 4.56. The van der Waals surface area contributed by atoms with Crippen LogP contribution in [0.15, 0.2) is 0 Å². The van der Waals surface area contributed by atoms with Crippen molar-refractivity contribution >= 4 is 10.2 Å². The van der Waals surface area contributed by atoms with Crippen LogP contribution in [0.1, 0.15) is 19.3 Å². The van der Waals surface area contributed by atoms with Crippen LogP contribution >= 0.6 is 0 Å². The summed E-state index contributed by atoms with van der Waals surface area (Å²) >= 11 is 0. The van der Waals surface area contributed by atoms with Crippen LogP contribution in [0.5, 0.6) is 0 Å². The van der Waals surface area contributed by atoms with Gasteiger partial charge >= 0.3 is 10.2 Å². The zero-order valence-electron chi connectivity index (χ0n) is 6.16. The van der Waals surface area contributed by atoms with Gasteiger partial charge < -0.3 is 5.73 Å². The van der Waals surface area contributed by atoms with Gasteiger partial charge in [-0.25, -0.2) is 0 Å². The van der Waals surface area contributed by atoms with Gasteiger partial charge in [0.05, 0.1) is 5.75 Å². The van der Waals surface area contributed by atoms with E-state index in [4.69, 9.17) is 5.73 Å². The second-order valence-electron chi connectivity index (χ2n) is 3.14. The van der Waals surface area contributed by atoms with Crippen molar-refractivity contribution in [2.75, 3.05) is 5.75 Å². The first kappa shape index (κ1) is 8.93. The highest BCUT2D eigenvalue weighted by Crippen LogP contribution is 2.25. The largest absolute Gasteiger partial charge is 0.328 e. The molecule has 11 heavy (non-hydrogen) atoms. The predicted octanol–water partition coefficient (Wildman–Crippen LogP) is 0.413. The van der Waals surface area contributed by atoms with E-state index in [1.807, 2.05) is 0 Å². The molecule has 3 nitrogen and oxygen atoms in total. The summed E-state index contributed by atoms with van der Waals surface area (Å²) in [7, 11) is -4.29. The van der Waals surface area contributed by atoms with Crippen LogP contribution in [0.25, 0.3) is 0 Å². The maximum Gasteiger partial charge on any atom is 0.302 e. The molecule has 0 bridgehead atoms. The number of rotatable bonds is 2. The van der Waals surface area contributed by atoms with Gasteiger partial charge in [0.1, 0.15) is 0 Å². The Hall–Kier alpha value is -0.160. The lowest BCUT2D eigenvalue weighted by atomic mass is 10.1. The molecule has 0 heterocycles. The van der Waals surface area contributed by atoms with Gasteiger partial charge in [-0.3, -0.25) is 0 Å². The van der Waals surface area contributed by atoms with E-state index in [1.165, 1.54) is 0 Å². The molecule has 2 N–H and O–H groups in total. The molecule has 1 aliphatic carbocycles. The van der Waals surface area contributed by atoms with E-state index in [0.717, 1.165) is 12.8 Å². The highest BCUT2D eigenvalue weighted by molar-refractivity contribution is 7.86. The van der Waals surface area contributed by atoms with Crippen molar-refractivity contribution in [3.05, 3.63) is 0 Å². The zero-order valence-corrected chi connectivity index (χ0v) is 6.98. The molecule has 0 aliphatic heterocycles. The van der Waals surface area contributed by atoms with Crippen LogP contribution < -0.4 is 5.73 Å². The minimum absolute atomic E-state index is 0.0556. The van der Waals surface area contributed by atoms with Crippen LogP contribution in [-0.4, -0.2) is 20.2 Å². The van der Waals surface area contributed by atoms with Crippen molar-refractivity contribution in [1.82, 2.24) is 0 Å². The zero-order chi connectivity index (χ0) is 8.48. The van der Waals surface area contributed by atoms with E-state index in [-0.39, 0.29) is 17.7 Å². The summed E-state index contributed by atoms with van der Waals surface area (Å²) in [5.41, 5.74) is 5.53. The lowest BCUT2D eigenvalue weighted by Gasteiger charge is -2.03. The number of halogens is 1. The van der Waals surface area contributed by atoms with Crippen LogP contribution in [0.2, 0.25) is 0 Å². The second kappa shape index (κ2) is 3.06. The van der Waals surface area contributed by atoms with Gasteiger partial charge in [0.15, 0.2) is 0 Å². The van der Waals surface area contributed by atoms with Gasteiger partial charge in [0.25, 0.3) is 0 Å². The van der Waals surface area contributed by atoms with Crippen molar-refractivity contribution in [2.24, 2.45) is 11.7 Å². The molecule has 5 heteroatoms. The molecule has 0 radical (unpaired) electrons. The lowest BCUT2D eigenvalue weighted by molar-refractivity contribution is 0.520. The van der Waals surface area contributed by atoms with E-state index in [2.05, 4.69) is 0 Å². The third kappa shape index (κ3) is 3.16. The Morgan fingerprint density at radius 1 is 1.45 bits per heavy atom. The fourth-order valence-corrected chi connectivity index (χ4v) is 2.41. The maximum atomic E-state index is 12.1. The Balaban J connectivity index is 2.41. The third-order valence-corrected chi connectivity index (χ3v) is 2.89. The molecular formula is C6H12FNO2S. The van der Waals surface area contributed by atoms with Gasteiger partial charge in [-0.15, -0.1) is 3.89 Å². The predicted molar refractivity (Wildman–Crippen MR) is 40.2 cm³/mol. The molecule has 1 fully saturated rings. The monoisotopic (exact) mass is 181 g/mol. The Labute approximate surface area is 66.0 Å². The quantitative estimate of drug-likeness (QED) is 0.628. The lowest BCUT2D eigenvalue weighted by Crippen LogP contribution is -2.16. The van der Waals surface area contributed by atoms with Gasteiger partial charge in [0, 0.05) is 6.04 Å². The summed E-state index contributed by atoms with van der Waals surface area (Å²) in [5, 5.41) is 0. The van der Waals surface area contributed by atoms with Crippen molar-refractivity contribution in [3.63, 3.8) is 0 Å². The summed E-state index contributed by atoms with van der Waals surface area (Å²) in [6.45, 7) is 0. The van der Waals surface area contributed by atoms with Crippen LogP contribution in [0, 0.1) is 5.92 Å². The highest BCUT2D eigenvalue weighted by Gasteiger charge is 2.26.